The third-order valence-electron chi connectivity index (χ3n) is 4.45. The number of nitrogens with two attached hydrogens (primary N) is 2. The highest BCUT2D eigenvalue weighted by molar-refractivity contribution is 7.21. The van der Waals surface area contributed by atoms with Crippen LogP contribution in [0.1, 0.15) is 22.5 Å². The van der Waals surface area contributed by atoms with E-state index in [-0.39, 0.29) is 10.7 Å². The molecule has 132 valence electrons. The van der Waals surface area contributed by atoms with Crippen molar-refractivity contribution in [1.29, 1.82) is 0 Å². The summed E-state index contributed by atoms with van der Waals surface area (Å²) in [5.74, 6) is 0.220. The summed E-state index contributed by atoms with van der Waals surface area (Å²) in [6.45, 7) is 1.17. The van der Waals surface area contributed by atoms with Gasteiger partial charge in [-0.05, 0) is 0 Å². The SMILES string of the molecule is NC(=O)c1sc2nc(N3CCC(=O)CC3)nc(-c3ccccc3)c2c1N. The van der Waals surface area contributed by atoms with Gasteiger partial charge in [0.25, 0.3) is 5.91 Å². The molecule has 8 heteroatoms. The molecular weight excluding hydrogens is 350 g/mol. The Morgan fingerprint density at radius 3 is 2.46 bits per heavy atom. The van der Waals surface area contributed by atoms with Gasteiger partial charge >= 0.3 is 0 Å². The summed E-state index contributed by atoms with van der Waals surface area (Å²) in [6, 6.07) is 9.63. The number of amides is 1. The van der Waals surface area contributed by atoms with Crippen LogP contribution in [0.25, 0.3) is 21.5 Å². The van der Waals surface area contributed by atoms with Crippen LogP contribution in [-0.2, 0) is 4.79 Å². The number of Topliss-reactive ketones (excluding diaryl/α,β-unsaturated/α-hetero) is 1. The molecule has 4 N–H and O–H groups in total. The van der Waals surface area contributed by atoms with Gasteiger partial charge < -0.3 is 16.4 Å². The Balaban J connectivity index is 1.93. The van der Waals surface area contributed by atoms with Crippen molar-refractivity contribution in [2.24, 2.45) is 5.73 Å². The summed E-state index contributed by atoms with van der Waals surface area (Å²) in [5.41, 5.74) is 13.5. The quantitative estimate of drug-likeness (QED) is 0.733. The molecule has 1 aromatic carbocycles. The summed E-state index contributed by atoms with van der Waals surface area (Å²) >= 11 is 1.18. The molecule has 1 amide bonds. The second-order valence-electron chi connectivity index (χ2n) is 6.15. The van der Waals surface area contributed by atoms with Gasteiger partial charge in [-0.25, -0.2) is 9.97 Å². The van der Waals surface area contributed by atoms with Crippen molar-refractivity contribution in [3.8, 4) is 11.3 Å². The molecule has 3 heterocycles. The molecule has 0 saturated carbocycles. The number of nitrogen functional groups attached to an aromatic ring is 1. The van der Waals surface area contributed by atoms with E-state index < -0.39 is 5.91 Å². The van der Waals surface area contributed by atoms with Gasteiger partial charge in [0, 0.05) is 31.5 Å². The number of carbonyl (C=O) groups excluding carboxylic acids is 2. The number of anilines is 2. The van der Waals surface area contributed by atoms with Crippen LogP contribution in [0.15, 0.2) is 30.3 Å². The third-order valence-corrected chi connectivity index (χ3v) is 5.57. The Hall–Kier alpha value is -3.00. The lowest BCUT2D eigenvalue weighted by Gasteiger charge is -2.26. The highest BCUT2D eigenvalue weighted by Gasteiger charge is 2.24. The number of primary amides is 1. The first-order valence-corrected chi connectivity index (χ1v) is 9.08. The molecule has 0 aliphatic carbocycles. The predicted octanol–water partition coefficient (Wildman–Crippen LogP) is 2.21. The minimum Gasteiger partial charge on any atom is -0.397 e. The Labute approximate surface area is 153 Å². The number of thiophene rings is 1. The second kappa shape index (κ2) is 6.38. The molecule has 0 radical (unpaired) electrons. The molecular formula is C18H17N5O2S. The van der Waals surface area contributed by atoms with E-state index in [1.54, 1.807) is 0 Å². The van der Waals surface area contributed by atoms with Gasteiger partial charge in [0.15, 0.2) is 0 Å². The van der Waals surface area contributed by atoms with E-state index in [9.17, 15) is 9.59 Å². The maximum atomic E-state index is 11.7. The van der Waals surface area contributed by atoms with Crippen LogP contribution in [0.4, 0.5) is 11.6 Å². The zero-order valence-corrected chi connectivity index (χ0v) is 14.8. The van der Waals surface area contributed by atoms with E-state index in [0.29, 0.717) is 53.5 Å². The van der Waals surface area contributed by atoms with Crippen molar-refractivity contribution in [3.63, 3.8) is 0 Å². The summed E-state index contributed by atoms with van der Waals surface area (Å²) in [7, 11) is 0. The molecule has 1 aliphatic rings. The average Bonchev–Trinajstić information content (AvgIpc) is 2.99. The number of carbonyl (C=O) groups is 2. The standard InChI is InChI=1S/C18H17N5O2S/c19-13-12-14(10-4-2-1-3-5-10)21-18(23-8-6-11(24)7-9-23)22-17(12)26-15(13)16(20)25/h1-5H,6-9,19H2,(H2,20,25). The monoisotopic (exact) mass is 367 g/mol. The number of rotatable bonds is 3. The summed E-state index contributed by atoms with van der Waals surface area (Å²) in [5, 5.41) is 0.645. The first-order chi connectivity index (χ1) is 12.5. The number of hydrogen-bond acceptors (Lipinski definition) is 7. The molecule has 1 fully saturated rings. The number of aromatic nitrogens is 2. The van der Waals surface area contributed by atoms with E-state index in [1.807, 2.05) is 35.2 Å². The molecule has 26 heavy (non-hydrogen) atoms. The Morgan fingerprint density at radius 1 is 1.12 bits per heavy atom. The first kappa shape index (κ1) is 16.5. The lowest BCUT2D eigenvalue weighted by atomic mass is 10.1. The molecule has 1 saturated heterocycles. The number of benzene rings is 1. The number of nitrogens with zero attached hydrogens (tertiary/aromatic N) is 3. The normalized spacial score (nSPS) is 14.8. The summed E-state index contributed by atoms with van der Waals surface area (Å²) in [6.07, 6.45) is 0.975. The van der Waals surface area contributed by atoms with Crippen molar-refractivity contribution >= 4 is 44.9 Å². The van der Waals surface area contributed by atoms with E-state index in [0.717, 1.165) is 5.56 Å². The fourth-order valence-electron chi connectivity index (χ4n) is 3.10. The summed E-state index contributed by atoms with van der Waals surface area (Å²) in [4.78, 5) is 35.5. The molecule has 0 atom stereocenters. The largest absolute Gasteiger partial charge is 0.397 e. The summed E-state index contributed by atoms with van der Waals surface area (Å²) < 4.78 is 0. The topological polar surface area (TPSA) is 115 Å². The lowest BCUT2D eigenvalue weighted by molar-refractivity contribution is -0.119. The van der Waals surface area contributed by atoms with Gasteiger partial charge in [-0.1, -0.05) is 30.3 Å². The van der Waals surface area contributed by atoms with Crippen LogP contribution in [0.3, 0.4) is 0 Å². The average molecular weight is 367 g/mol. The van der Waals surface area contributed by atoms with E-state index in [4.69, 9.17) is 16.5 Å². The van der Waals surface area contributed by atoms with E-state index in [2.05, 4.69) is 4.98 Å². The number of ketones is 1. The van der Waals surface area contributed by atoms with Gasteiger partial charge in [-0.3, -0.25) is 9.59 Å². The molecule has 0 bridgehead atoms. The number of piperidine rings is 1. The number of hydrogen-bond donors (Lipinski definition) is 2. The van der Waals surface area contributed by atoms with Crippen LogP contribution in [0, 0.1) is 0 Å². The minimum atomic E-state index is -0.574. The minimum absolute atomic E-state index is 0.252. The van der Waals surface area contributed by atoms with Crippen molar-refractivity contribution in [2.45, 2.75) is 12.8 Å². The van der Waals surface area contributed by atoms with Gasteiger partial charge in [0.1, 0.15) is 15.5 Å². The third kappa shape index (κ3) is 2.78. The Morgan fingerprint density at radius 2 is 1.81 bits per heavy atom. The maximum absolute atomic E-state index is 11.7. The zero-order valence-electron chi connectivity index (χ0n) is 13.9. The van der Waals surface area contributed by atoms with Gasteiger partial charge in [-0.15, -0.1) is 11.3 Å². The fraction of sp³-hybridized carbons (Fsp3) is 0.222. The van der Waals surface area contributed by atoms with E-state index in [1.165, 1.54) is 11.3 Å². The first-order valence-electron chi connectivity index (χ1n) is 8.26. The highest BCUT2D eigenvalue weighted by atomic mass is 32.1. The van der Waals surface area contributed by atoms with Crippen molar-refractivity contribution in [1.82, 2.24) is 9.97 Å². The lowest BCUT2D eigenvalue weighted by Crippen LogP contribution is -2.35. The molecule has 2 aromatic heterocycles. The molecule has 0 spiro atoms. The van der Waals surface area contributed by atoms with Gasteiger partial charge in [0.2, 0.25) is 5.95 Å². The van der Waals surface area contributed by atoms with Crippen LogP contribution in [0.5, 0.6) is 0 Å². The second-order valence-corrected chi connectivity index (χ2v) is 7.15. The van der Waals surface area contributed by atoms with Crippen LogP contribution in [0.2, 0.25) is 0 Å². The van der Waals surface area contributed by atoms with Crippen LogP contribution >= 0.6 is 11.3 Å². The molecule has 7 nitrogen and oxygen atoms in total. The van der Waals surface area contributed by atoms with Crippen LogP contribution < -0.4 is 16.4 Å². The highest BCUT2D eigenvalue weighted by Crippen LogP contribution is 2.39. The maximum Gasteiger partial charge on any atom is 0.260 e. The molecule has 1 aliphatic heterocycles. The van der Waals surface area contributed by atoms with Crippen molar-refractivity contribution < 1.29 is 9.59 Å². The van der Waals surface area contributed by atoms with E-state index >= 15 is 0 Å². The molecule has 0 unspecified atom stereocenters. The van der Waals surface area contributed by atoms with Gasteiger partial charge in [-0.2, -0.15) is 0 Å². The smallest absolute Gasteiger partial charge is 0.260 e. The van der Waals surface area contributed by atoms with Crippen LogP contribution in [-0.4, -0.2) is 34.7 Å². The molecule has 4 rings (SSSR count). The Bertz CT molecular complexity index is 1010. The Kier molecular flexibility index (Phi) is 4.04. The van der Waals surface area contributed by atoms with Gasteiger partial charge in [0.05, 0.1) is 16.8 Å². The van der Waals surface area contributed by atoms with Crippen molar-refractivity contribution in [2.75, 3.05) is 23.7 Å². The zero-order chi connectivity index (χ0) is 18.3. The predicted molar refractivity (Wildman–Crippen MR) is 102 cm³/mol. The van der Waals surface area contributed by atoms with Crippen molar-refractivity contribution in [3.05, 3.63) is 35.2 Å². The number of fused-ring (bicyclic) bond motifs is 1. The fourth-order valence-corrected chi connectivity index (χ4v) is 4.04. The molecule has 3 aromatic rings.